The summed E-state index contributed by atoms with van der Waals surface area (Å²) in [5.74, 6) is 0.510. The van der Waals surface area contributed by atoms with Gasteiger partial charge in [-0.2, -0.15) is 26.3 Å². The van der Waals surface area contributed by atoms with Crippen LogP contribution in [0.5, 0.6) is 5.75 Å². The van der Waals surface area contributed by atoms with Crippen LogP contribution >= 0.6 is 0 Å². The lowest BCUT2D eigenvalue weighted by atomic mass is 9.94. The Morgan fingerprint density at radius 3 is 1.96 bits per heavy atom. The number of nitrogens with zero attached hydrogens (tertiary/aromatic N) is 1. The van der Waals surface area contributed by atoms with Crippen molar-refractivity contribution in [2.24, 2.45) is 0 Å². The van der Waals surface area contributed by atoms with Gasteiger partial charge in [0.25, 0.3) is 0 Å². The molecule has 0 radical (unpaired) electrons. The summed E-state index contributed by atoms with van der Waals surface area (Å²) >= 11 is 0. The van der Waals surface area contributed by atoms with Crippen LogP contribution in [0.25, 0.3) is 0 Å². The second-order valence-corrected chi connectivity index (χ2v) is 5.95. The number of benzene rings is 1. The Balaban J connectivity index is 3.13. The lowest BCUT2D eigenvalue weighted by Crippen LogP contribution is -2.68. The van der Waals surface area contributed by atoms with E-state index in [1.807, 2.05) is 0 Å². The normalized spacial score (nSPS) is 12.6. The molecule has 0 heterocycles. The minimum absolute atomic E-state index is 0.0687. The number of rotatable bonds is 8. The first-order valence-corrected chi connectivity index (χ1v) is 8.24. The molecule has 0 aliphatic carbocycles. The van der Waals surface area contributed by atoms with Gasteiger partial charge >= 0.3 is 18.4 Å². The van der Waals surface area contributed by atoms with Gasteiger partial charge in [-0.25, -0.2) is 4.79 Å². The number of halogens is 6. The fourth-order valence-electron chi connectivity index (χ4n) is 2.46. The van der Waals surface area contributed by atoms with Crippen molar-refractivity contribution in [2.45, 2.75) is 37.8 Å². The molecular formula is C17H22F6N2O3. The number of alkyl halides is 6. The van der Waals surface area contributed by atoms with E-state index in [4.69, 9.17) is 9.47 Å². The number of nitrogens with one attached hydrogen (secondary N) is 1. The number of carbonyl (C=O) groups excluding carboxylic acids is 1. The van der Waals surface area contributed by atoms with Crippen LogP contribution in [0.1, 0.15) is 18.9 Å². The highest BCUT2D eigenvalue weighted by Crippen LogP contribution is 2.45. The largest absolute Gasteiger partial charge is 0.497 e. The first-order chi connectivity index (χ1) is 12.9. The monoisotopic (exact) mass is 416 g/mol. The number of ether oxygens (including phenoxy) is 2. The van der Waals surface area contributed by atoms with Gasteiger partial charge in [-0.05, 0) is 24.1 Å². The van der Waals surface area contributed by atoms with Crippen molar-refractivity contribution in [2.75, 3.05) is 27.4 Å². The van der Waals surface area contributed by atoms with Crippen molar-refractivity contribution in [3.8, 4) is 5.75 Å². The highest BCUT2D eigenvalue weighted by atomic mass is 19.4. The zero-order chi connectivity index (χ0) is 21.6. The minimum atomic E-state index is -5.72. The summed E-state index contributed by atoms with van der Waals surface area (Å²) in [6.07, 6.45) is -12.8. The molecule has 160 valence electrons. The van der Waals surface area contributed by atoms with E-state index in [0.29, 0.717) is 18.2 Å². The van der Waals surface area contributed by atoms with Crippen LogP contribution in [-0.4, -0.2) is 56.2 Å². The molecule has 28 heavy (non-hydrogen) atoms. The lowest BCUT2D eigenvalue weighted by molar-refractivity contribution is -0.305. The molecule has 0 unspecified atom stereocenters. The highest BCUT2D eigenvalue weighted by Gasteiger charge is 2.70. The van der Waals surface area contributed by atoms with Crippen LogP contribution in [-0.2, 0) is 11.3 Å². The summed E-state index contributed by atoms with van der Waals surface area (Å²) in [4.78, 5) is 13.2. The summed E-state index contributed by atoms with van der Waals surface area (Å²) in [5.41, 5.74) is -3.85. The molecule has 0 aromatic heterocycles. The second-order valence-electron chi connectivity index (χ2n) is 5.95. The first kappa shape index (κ1) is 23.9. The lowest BCUT2D eigenvalue weighted by Gasteiger charge is -2.38. The summed E-state index contributed by atoms with van der Waals surface area (Å²) in [5, 5.41) is 1.17. The van der Waals surface area contributed by atoms with Crippen molar-refractivity contribution >= 4 is 6.03 Å². The Morgan fingerprint density at radius 1 is 1.04 bits per heavy atom. The maximum Gasteiger partial charge on any atom is 0.420 e. The number of methoxy groups -OCH3 is 2. The molecule has 0 saturated carbocycles. The van der Waals surface area contributed by atoms with Crippen LogP contribution in [0.15, 0.2) is 24.3 Å². The van der Waals surface area contributed by atoms with Gasteiger partial charge in [0, 0.05) is 20.2 Å². The predicted octanol–water partition coefficient (Wildman–Crippen LogP) is 4.13. The molecule has 2 amide bonds. The molecule has 1 aromatic carbocycles. The molecule has 0 aliphatic heterocycles. The minimum Gasteiger partial charge on any atom is -0.497 e. The predicted molar refractivity (Wildman–Crippen MR) is 88.9 cm³/mol. The first-order valence-electron chi connectivity index (χ1n) is 8.24. The zero-order valence-corrected chi connectivity index (χ0v) is 15.6. The summed E-state index contributed by atoms with van der Waals surface area (Å²) in [7, 11) is 2.73. The molecular weight excluding hydrogens is 394 g/mol. The Bertz CT molecular complexity index is 617. The molecule has 1 rings (SSSR count). The topological polar surface area (TPSA) is 50.8 Å². The van der Waals surface area contributed by atoms with E-state index in [1.54, 1.807) is 24.3 Å². The number of urea groups is 1. The molecule has 0 atom stereocenters. The van der Waals surface area contributed by atoms with Crippen molar-refractivity contribution < 1.29 is 40.6 Å². The van der Waals surface area contributed by atoms with E-state index < -0.39 is 30.3 Å². The van der Waals surface area contributed by atoms with Gasteiger partial charge in [-0.3, -0.25) is 0 Å². The van der Waals surface area contributed by atoms with Crippen molar-refractivity contribution in [1.29, 1.82) is 0 Å². The SMILES string of the molecule is CCC(NC(=O)N(CCOC)Cc1ccc(OC)cc1)(C(F)(F)F)C(F)(F)F. The summed E-state index contributed by atoms with van der Waals surface area (Å²) in [6.45, 7) is 0.226. The van der Waals surface area contributed by atoms with Gasteiger partial charge in [0.1, 0.15) is 5.75 Å². The van der Waals surface area contributed by atoms with Gasteiger partial charge < -0.3 is 19.7 Å². The Morgan fingerprint density at radius 2 is 1.57 bits per heavy atom. The van der Waals surface area contributed by atoms with E-state index in [1.165, 1.54) is 19.5 Å². The van der Waals surface area contributed by atoms with Gasteiger partial charge in [0.05, 0.1) is 13.7 Å². The maximum atomic E-state index is 13.3. The smallest absolute Gasteiger partial charge is 0.420 e. The average Bonchev–Trinajstić information content (AvgIpc) is 2.61. The van der Waals surface area contributed by atoms with Crippen LogP contribution in [0.4, 0.5) is 31.1 Å². The number of hydrogen-bond acceptors (Lipinski definition) is 3. The standard InChI is InChI=1S/C17H22F6N2O3/c1-4-15(16(18,19)20,17(21,22)23)24-14(26)25(9-10-27-2)11-12-5-7-13(28-3)8-6-12/h5-8H,4,9-11H2,1-3H3,(H,24,26). The highest BCUT2D eigenvalue weighted by molar-refractivity contribution is 5.75. The molecule has 0 spiro atoms. The molecule has 0 aliphatic rings. The third-order valence-corrected chi connectivity index (χ3v) is 4.20. The zero-order valence-electron chi connectivity index (χ0n) is 15.6. The number of hydrogen-bond donors (Lipinski definition) is 1. The van der Waals surface area contributed by atoms with Crippen LogP contribution < -0.4 is 10.1 Å². The Kier molecular flexibility index (Phi) is 7.97. The van der Waals surface area contributed by atoms with Crippen LogP contribution in [0, 0.1) is 0 Å². The summed E-state index contributed by atoms with van der Waals surface area (Å²) in [6, 6.07) is 4.72. The third-order valence-electron chi connectivity index (χ3n) is 4.20. The Labute approximate surface area is 158 Å². The van der Waals surface area contributed by atoms with Crippen LogP contribution in [0.3, 0.4) is 0 Å². The maximum absolute atomic E-state index is 13.3. The van der Waals surface area contributed by atoms with Crippen molar-refractivity contribution in [1.82, 2.24) is 10.2 Å². The fraction of sp³-hybridized carbons (Fsp3) is 0.588. The quantitative estimate of drug-likeness (QED) is 0.649. The molecule has 5 nitrogen and oxygen atoms in total. The van der Waals surface area contributed by atoms with Crippen molar-refractivity contribution in [3.63, 3.8) is 0 Å². The molecule has 1 N–H and O–H groups in total. The Hall–Kier alpha value is -2.17. The van der Waals surface area contributed by atoms with Gasteiger partial charge in [-0.15, -0.1) is 0 Å². The molecule has 0 saturated heterocycles. The molecule has 0 bridgehead atoms. The summed E-state index contributed by atoms with van der Waals surface area (Å²) < 4.78 is 89.4. The van der Waals surface area contributed by atoms with Gasteiger partial charge in [0.2, 0.25) is 5.54 Å². The van der Waals surface area contributed by atoms with Gasteiger partial charge in [0.15, 0.2) is 0 Å². The number of carbonyl (C=O) groups is 1. The molecule has 0 fully saturated rings. The van der Waals surface area contributed by atoms with E-state index in [0.717, 1.165) is 4.90 Å². The number of amides is 2. The third kappa shape index (κ3) is 5.43. The molecule has 11 heteroatoms. The second kappa shape index (κ2) is 9.35. The van der Waals surface area contributed by atoms with Gasteiger partial charge in [-0.1, -0.05) is 19.1 Å². The van der Waals surface area contributed by atoms with E-state index >= 15 is 0 Å². The fourth-order valence-corrected chi connectivity index (χ4v) is 2.46. The van der Waals surface area contributed by atoms with Crippen LogP contribution in [0.2, 0.25) is 0 Å². The van der Waals surface area contributed by atoms with E-state index in [2.05, 4.69) is 0 Å². The molecule has 1 aromatic rings. The average molecular weight is 416 g/mol. The van der Waals surface area contributed by atoms with E-state index in [9.17, 15) is 31.1 Å². The van der Waals surface area contributed by atoms with Crippen molar-refractivity contribution in [3.05, 3.63) is 29.8 Å². The van der Waals surface area contributed by atoms with E-state index in [-0.39, 0.29) is 19.7 Å².